The second kappa shape index (κ2) is 8.08. The molecular weight excluding hydrogens is 355 g/mol. The van der Waals surface area contributed by atoms with E-state index in [1.165, 1.54) is 6.07 Å². The summed E-state index contributed by atoms with van der Waals surface area (Å²) < 4.78 is 14.0. The highest BCUT2D eigenvalue weighted by atomic mass is 19.1. The minimum Gasteiger partial charge on any atom is -0.368 e. The molecule has 28 heavy (non-hydrogen) atoms. The Morgan fingerprint density at radius 3 is 2.29 bits per heavy atom. The van der Waals surface area contributed by atoms with Gasteiger partial charge in [0.05, 0.1) is 11.3 Å². The second-order valence-electron chi connectivity index (χ2n) is 6.67. The third-order valence-electron chi connectivity index (χ3n) is 4.89. The molecule has 6 heteroatoms. The van der Waals surface area contributed by atoms with Crippen LogP contribution in [0.2, 0.25) is 0 Å². The number of benzene rings is 2. The average Bonchev–Trinajstić information content (AvgIpc) is 2.75. The zero-order chi connectivity index (χ0) is 19.3. The van der Waals surface area contributed by atoms with Gasteiger partial charge in [-0.15, -0.1) is 0 Å². The Kier molecular flexibility index (Phi) is 5.19. The number of nitrogens with zero attached hydrogens (tertiary/aromatic N) is 3. The maximum Gasteiger partial charge on any atom is 0.257 e. The zero-order valence-corrected chi connectivity index (χ0v) is 15.4. The number of rotatable bonds is 4. The highest BCUT2D eigenvalue weighted by molar-refractivity contribution is 6.04. The smallest absolute Gasteiger partial charge is 0.257 e. The number of hydrogen-bond donors (Lipinski definition) is 1. The molecule has 0 radical (unpaired) electrons. The lowest BCUT2D eigenvalue weighted by Crippen LogP contribution is -2.46. The predicted molar refractivity (Wildman–Crippen MR) is 109 cm³/mol. The van der Waals surface area contributed by atoms with E-state index >= 15 is 0 Å². The van der Waals surface area contributed by atoms with Crippen LogP contribution in [0, 0.1) is 5.82 Å². The van der Waals surface area contributed by atoms with Crippen LogP contribution in [0.15, 0.2) is 73.1 Å². The van der Waals surface area contributed by atoms with Gasteiger partial charge >= 0.3 is 0 Å². The summed E-state index contributed by atoms with van der Waals surface area (Å²) in [7, 11) is 0. The average molecular weight is 376 g/mol. The fraction of sp³-hybridized carbons (Fsp3) is 0.182. The van der Waals surface area contributed by atoms with Gasteiger partial charge in [0.1, 0.15) is 5.82 Å². The van der Waals surface area contributed by atoms with Gasteiger partial charge in [0.2, 0.25) is 0 Å². The lowest BCUT2D eigenvalue weighted by atomic mass is 10.2. The normalized spacial score (nSPS) is 14.0. The lowest BCUT2D eigenvalue weighted by Gasteiger charge is -2.37. The van der Waals surface area contributed by atoms with Crippen molar-refractivity contribution in [2.75, 3.05) is 41.3 Å². The molecule has 1 N–H and O–H groups in total. The van der Waals surface area contributed by atoms with E-state index in [1.54, 1.807) is 30.6 Å². The highest BCUT2D eigenvalue weighted by Crippen LogP contribution is 2.24. The van der Waals surface area contributed by atoms with Crippen LogP contribution >= 0.6 is 0 Å². The molecule has 0 unspecified atom stereocenters. The number of nitrogens with one attached hydrogen (secondary N) is 1. The predicted octanol–water partition coefficient (Wildman–Crippen LogP) is 3.80. The number of halogens is 1. The molecule has 3 aromatic rings. The van der Waals surface area contributed by atoms with Crippen molar-refractivity contribution in [3.63, 3.8) is 0 Å². The van der Waals surface area contributed by atoms with Crippen LogP contribution in [0.25, 0.3) is 0 Å². The van der Waals surface area contributed by atoms with E-state index in [1.807, 2.05) is 36.4 Å². The van der Waals surface area contributed by atoms with Crippen molar-refractivity contribution in [3.8, 4) is 0 Å². The number of amides is 1. The number of anilines is 3. The van der Waals surface area contributed by atoms with Gasteiger partial charge in [-0.3, -0.25) is 9.78 Å². The summed E-state index contributed by atoms with van der Waals surface area (Å²) in [5.74, 6) is -0.357. The summed E-state index contributed by atoms with van der Waals surface area (Å²) in [6, 6.07) is 18.2. The first kappa shape index (κ1) is 18.0. The van der Waals surface area contributed by atoms with Gasteiger partial charge in [-0.1, -0.05) is 12.1 Å². The fourth-order valence-corrected chi connectivity index (χ4v) is 3.37. The topological polar surface area (TPSA) is 48.5 Å². The Hall–Kier alpha value is -3.41. The molecule has 0 bridgehead atoms. The van der Waals surface area contributed by atoms with Crippen molar-refractivity contribution in [1.82, 2.24) is 4.98 Å². The van der Waals surface area contributed by atoms with Crippen LogP contribution in [0.3, 0.4) is 0 Å². The molecule has 1 saturated heterocycles. The summed E-state index contributed by atoms with van der Waals surface area (Å²) in [6.07, 6.45) is 3.18. The molecule has 1 aliphatic rings. The molecule has 5 nitrogen and oxygen atoms in total. The largest absolute Gasteiger partial charge is 0.368 e. The van der Waals surface area contributed by atoms with Crippen molar-refractivity contribution in [3.05, 3.63) is 84.4 Å². The Bertz CT molecular complexity index is 938. The maximum atomic E-state index is 14.0. The van der Waals surface area contributed by atoms with Gasteiger partial charge in [-0.05, 0) is 48.5 Å². The third-order valence-corrected chi connectivity index (χ3v) is 4.89. The van der Waals surface area contributed by atoms with Gasteiger partial charge in [0, 0.05) is 49.9 Å². The molecule has 0 aliphatic carbocycles. The second-order valence-corrected chi connectivity index (χ2v) is 6.67. The molecule has 4 rings (SSSR count). The summed E-state index contributed by atoms with van der Waals surface area (Å²) in [5, 5.41) is 2.88. The number of pyridine rings is 1. The van der Waals surface area contributed by atoms with E-state index in [0.717, 1.165) is 37.6 Å². The SMILES string of the molecule is O=C(Nc1ccc(N2CCN(c3ccccc3F)CC2)cc1)c1cccnc1. The van der Waals surface area contributed by atoms with Crippen LogP contribution < -0.4 is 15.1 Å². The van der Waals surface area contributed by atoms with E-state index < -0.39 is 0 Å². The Labute approximate surface area is 163 Å². The number of carbonyl (C=O) groups excluding carboxylic acids is 1. The molecule has 1 amide bonds. The molecule has 0 saturated carbocycles. The van der Waals surface area contributed by atoms with Gasteiger partial charge in [0.25, 0.3) is 5.91 Å². The van der Waals surface area contributed by atoms with Crippen molar-refractivity contribution < 1.29 is 9.18 Å². The van der Waals surface area contributed by atoms with E-state index in [4.69, 9.17) is 0 Å². The third kappa shape index (κ3) is 3.96. The first-order valence-corrected chi connectivity index (χ1v) is 9.26. The first-order chi connectivity index (χ1) is 13.7. The van der Waals surface area contributed by atoms with Crippen LogP contribution in [-0.2, 0) is 0 Å². The molecule has 0 atom stereocenters. The summed E-state index contributed by atoms with van der Waals surface area (Å²) in [5.41, 5.74) is 3.02. The molecule has 1 aromatic heterocycles. The summed E-state index contributed by atoms with van der Waals surface area (Å²) in [6.45, 7) is 3.16. The standard InChI is InChI=1S/C22H21FN4O/c23-20-5-1-2-6-21(20)27-14-12-26(13-15-27)19-9-7-18(8-10-19)25-22(28)17-4-3-11-24-16-17/h1-11,16H,12-15H2,(H,25,28). The monoisotopic (exact) mass is 376 g/mol. The van der Waals surface area contributed by atoms with Gasteiger partial charge in [-0.2, -0.15) is 0 Å². The number of para-hydroxylation sites is 1. The molecule has 142 valence electrons. The maximum absolute atomic E-state index is 14.0. The Balaban J connectivity index is 1.36. The van der Waals surface area contributed by atoms with Gasteiger partial charge in [0.15, 0.2) is 0 Å². The lowest BCUT2D eigenvalue weighted by molar-refractivity contribution is 0.102. The van der Waals surface area contributed by atoms with Crippen molar-refractivity contribution >= 4 is 23.0 Å². The number of hydrogen-bond acceptors (Lipinski definition) is 4. The quantitative estimate of drug-likeness (QED) is 0.753. The van der Waals surface area contributed by atoms with Crippen LogP contribution in [0.5, 0.6) is 0 Å². The molecule has 1 aliphatic heterocycles. The molecule has 2 heterocycles. The fourth-order valence-electron chi connectivity index (χ4n) is 3.37. The van der Waals surface area contributed by atoms with Crippen LogP contribution in [0.1, 0.15) is 10.4 Å². The summed E-state index contributed by atoms with van der Waals surface area (Å²) in [4.78, 5) is 20.5. The molecule has 1 fully saturated rings. The first-order valence-electron chi connectivity index (χ1n) is 9.26. The molecule has 0 spiro atoms. The van der Waals surface area contributed by atoms with Crippen molar-refractivity contribution in [1.29, 1.82) is 0 Å². The molecular formula is C22H21FN4O. The van der Waals surface area contributed by atoms with Gasteiger partial charge in [-0.25, -0.2) is 4.39 Å². The van der Waals surface area contributed by atoms with Crippen molar-refractivity contribution in [2.24, 2.45) is 0 Å². The Morgan fingerprint density at radius 1 is 0.893 bits per heavy atom. The number of piperazine rings is 1. The van der Waals surface area contributed by atoms with Crippen molar-refractivity contribution in [2.45, 2.75) is 0 Å². The zero-order valence-electron chi connectivity index (χ0n) is 15.4. The van der Waals surface area contributed by atoms with E-state index in [0.29, 0.717) is 11.3 Å². The number of carbonyl (C=O) groups is 1. The molecule has 2 aromatic carbocycles. The van der Waals surface area contributed by atoms with E-state index in [9.17, 15) is 9.18 Å². The minimum absolute atomic E-state index is 0.176. The minimum atomic E-state index is -0.181. The van der Waals surface area contributed by atoms with E-state index in [2.05, 4.69) is 20.1 Å². The highest BCUT2D eigenvalue weighted by Gasteiger charge is 2.19. The number of aromatic nitrogens is 1. The van der Waals surface area contributed by atoms with Crippen LogP contribution in [0.4, 0.5) is 21.5 Å². The van der Waals surface area contributed by atoms with Gasteiger partial charge < -0.3 is 15.1 Å². The Morgan fingerprint density at radius 2 is 1.61 bits per heavy atom. The van der Waals surface area contributed by atoms with Crippen LogP contribution in [-0.4, -0.2) is 37.1 Å². The summed E-state index contributed by atoms with van der Waals surface area (Å²) >= 11 is 0. The van der Waals surface area contributed by atoms with E-state index in [-0.39, 0.29) is 11.7 Å².